The number of carboxylic acids is 2. The summed E-state index contributed by atoms with van der Waals surface area (Å²) in [6.45, 7) is 0.860. The smallest absolute Gasteiger partial charge is 0.328 e. The first-order valence-corrected chi connectivity index (χ1v) is 11.1. The van der Waals surface area contributed by atoms with Gasteiger partial charge in [-0.25, -0.2) is 28.3 Å². The number of halogens is 3. The molecule has 2 heterocycles. The van der Waals surface area contributed by atoms with Crippen LogP contribution < -0.4 is 5.32 Å². The summed E-state index contributed by atoms with van der Waals surface area (Å²) in [7, 11) is 0. The molecule has 194 valence electrons. The number of carboxylic acid groups (broad SMARTS) is 2. The Morgan fingerprint density at radius 2 is 1.69 bits per heavy atom. The van der Waals surface area contributed by atoms with Crippen LogP contribution in [0.15, 0.2) is 42.7 Å². The molecule has 1 fully saturated rings. The van der Waals surface area contributed by atoms with Crippen LogP contribution in [0.2, 0.25) is 5.02 Å². The van der Waals surface area contributed by atoms with Crippen LogP contribution in [0.4, 0.5) is 8.78 Å². The predicted molar refractivity (Wildman–Crippen MR) is 124 cm³/mol. The topological polar surface area (TPSA) is 153 Å². The average molecular weight is 527 g/mol. The van der Waals surface area contributed by atoms with E-state index in [2.05, 4.69) is 15.3 Å². The standard InChI is InChI=1S/C19H21ClF2N4O2.C4H4O4/c20-15-7-14(1-2-16(15)21)18(28)26-5-3-19(22,4-6-26)12-23-10-17-24-8-13(11-27)9-25-17;5-3(6)1-2-4(7)8/h1-2,7-9,23,27H,3-6,10-12H2;1-2H,(H,5,6)(H,7,8)/b;2-1+. The van der Waals surface area contributed by atoms with Gasteiger partial charge in [0.05, 0.1) is 18.2 Å². The van der Waals surface area contributed by atoms with E-state index in [1.165, 1.54) is 24.5 Å². The highest BCUT2D eigenvalue weighted by Crippen LogP contribution is 2.27. The van der Waals surface area contributed by atoms with E-state index in [-0.39, 0.29) is 50.0 Å². The lowest BCUT2D eigenvalue weighted by molar-refractivity contribution is -0.134. The first kappa shape index (κ1) is 28.8. The lowest BCUT2D eigenvalue weighted by Crippen LogP contribution is -2.48. The Bertz CT molecular complexity index is 1080. The normalized spacial score (nSPS) is 14.7. The van der Waals surface area contributed by atoms with E-state index in [9.17, 15) is 18.8 Å². The summed E-state index contributed by atoms with van der Waals surface area (Å²) in [5.74, 6) is -2.86. The molecule has 1 aliphatic heterocycles. The largest absolute Gasteiger partial charge is 0.478 e. The summed E-state index contributed by atoms with van der Waals surface area (Å²) in [5, 5.41) is 27.5. The van der Waals surface area contributed by atoms with Gasteiger partial charge in [0.25, 0.3) is 5.91 Å². The number of likely N-dealkylation sites (tertiary alicyclic amines) is 1. The van der Waals surface area contributed by atoms with Gasteiger partial charge in [0.15, 0.2) is 0 Å². The summed E-state index contributed by atoms with van der Waals surface area (Å²) in [4.78, 5) is 41.3. The van der Waals surface area contributed by atoms with Crippen molar-refractivity contribution in [3.05, 3.63) is 70.5 Å². The van der Waals surface area contributed by atoms with Crippen molar-refractivity contribution < 1.29 is 38.5 Å². The number of piperidine rings is 1. The number of aromatic nitrogens is 2. The minimum Gasteiger partial charge on any atom is -0.478 e. The SMILES string of the molecule is O=C(O)/C=C/C(=O)O.O=C(c1ccc(F)c(Cl)c1)N1CCC(F)(CNCc2ncc(CO)cn2)CC1. The Kier molecular flexibility index (Phi) is 10.8. The third kappa shape index (κ3) is 9.29. The van der Waals surface area contributed by atoms with Crippen LogP contribution in [0.25, 0.3) is 0 Å². The fraction of sp³-hybridized carbons (Fsp3) is 0.348. The summed E-state index contributed by atoms with van der Waals surface area (Å²) < 4.78 is 28.3. The first-order valence-electron chi connectivity index (χ1n) is 10.7. The highest BCUT2D eigenvalue weighted by atomic mass is 35.5. The van der Waals surface area contributed by atoms with E-state index in [0.717, 1.165) is 6.07 Å². The molecule has 36 heavy (non-hydrogen) atoms. The Labute approximate surface area is 210 Å². The summed E-state index contributed by atoms with van der Waals surface area (Å²) >= 11 is 5.73. The molecule has 0 bridgehead atoms. The maximum absolute atomic E-state index is 15.0. The number of nitrogens with one attached hydrogen (secondary N) is 1. The number of rotatable bonds is 8. The lowest BCUT2D eigenvalue weighted by atomic mass is 9.92. The van der Waals surface area contributed by atoms with E-state index in [1.54, 1.807) is 4.90 Å². The molecule has 0 saturated carbocycles. The molecule has 0 spiro atoms. The molecule has 4 N–H and O–H groups in total. The minimum atomic E-state index is -1.43. The van der Waals surface area contributed by atoms with Gasteiger partial charge in [-0.3, -0.25) is 4.79 Å². The molecule has 0 radical (unpaired) electrons. The molecule has 1 aromatic carbocycles. The molecule has 1 amide bonds. The number of carbonyl (C=O) groups excluding carboxylic acids is 1. The number of aliphatic hydroxyl groups is 1. The van der Waals surface area contributed by atoms with Gasteiger partial charge in [-0.05, 0) is 18.2 Å². The van der Waals surface area contributed by atoms with Gasteiger partial charge in [-0.15, -0.1) is 0 Å². The third-order valence-corrected chi connectivity index (χ3v) is 5.44. The van der Waals surface area contributed by atoms with Gasteiger partial charge in [-0.2, -0.15) is 0 Å². The first-order chi connectivity index (χ1) is 17.0. The van der Waals surface area contributed by atoms with Gasteiger partial charge in [0, 0.05) is 68.1 Å². The number of amides is 1. The quantitative estimate of drug-likeness (QED) is 0.379. The van der Waals surface area contributed by atoms with E-state index in [4.69, 9.17) is 26.9 Å². The predicted octanol–water partition coefficient (Wildman–Crippen LogP) is 2.21. The van der Waals surface area contributed by atoms with Crippen LogP contribution in [0.3, 0.4) is 0 Å². The molecule has 13 heteroatoms. The highest BCUT2D eigenvalue weighted by molar-refractivity contribution is 6.31. The highest BCUT2D eigenvalue weighted by Gasteiger charge is 2.36. The van der Waals surface area contributed by atoms with Gasteiger partial charge in [-0.1, -0.05) is 11.6 Å². The molecular weight excluding hydrogens is 502 g/mol. The van der Waals surface area contributed by atoms with Gasteiger partial charge in [0.2, 0.25) is 0 Å². The van der Waals surface area contributed by atoms with Crippen LogP contribution in [0.1, 0.15) is 34.6 Å². The minimum absolute atomic E-state index is 0.110. The maximum atomic E-state index is 15.0. The average Bonchev–Trinajstić information content (AvgIpc) is 2.85. The number of benzene rings is 1. The van der Waals surface area contributed by atoms with E-state index >= 15 is 4.39 Å². The Morgan fingerprint density at radius 3 is 2.19 bits per heavy atom. The number of hydrogen-bond acceptors (Lipinski definition) is 7. The van der Waals surface area contributed by atoms with E-state index in [1.807, 2.05) is 0 Å². The molecule has 1 aliphatic rings. The molecule has 0 aliphatic carbocycles. The number of aliphatic hydroxyl groups excluding tert-OH is 1. The number of nitrogens with zero attached hydrogens (tertiary/aromatic N) is 3. The zero-order valence-electron chi connectivity index (χ0n) is 19.0. The van der Waals surface area contributed by atoms with E-state index in [0.29, 0.717) is 35.6 Å². The van der Waals surface area contributed by atoms with Crippen molar-refractivity contribution in [2.24, 2.45) is 0 Å². The fourth-order valence-corrected chi connectivity index (χ4v) is 3.37. The van der Waals surface area contributed by atoms with Gasteiger partial charge in [0.1, 0.15) is 17.3 Å². The Hall–Kier alpha value is -3.48. The van der Waals surface area contributed by atoms with Crippen molar-refractivity contribution in [1.29, 1.82) is 0 Å². The van der Waals surface area contributed by atoms with Crippen LogP contribution in [0.5, 0.6) is 0 Å². The second kappa shape index (κ2) is 13.6. The molecule has 0 atom stereocenters. The van der Waals surface area contributed by atoms with Crippen LogP contribution in [-0.4, -0.2) is 73.3 Å². The van der Waals surface area contributed by atoms with Crippen molar-refractivity contribution in [3.63, 3.8) is 0 Å². The number of hydrogen-bond donors (Lipinski definition) is 4. The number of aliphatic carboxylic acids is 2. The molecule has 0 unspecified atom stereocenters. The number of alkyl halides is 1. The lowest BCUT2D eigenvalue weighted by Gasteiger charge is -2.36. The van der Waals surface area contributed by atoms with Gasteiger partial charge >= 0.3 is 11.9 Å². The second-order valence-electron chi connectivity index (χ2n) is 7.85. The fourth-order valence-electron chi connectivity index (χ4n) is 3.19. The van der Waals surface area contributed by atoms with Crippen LogP contribution in [-0.2, 0) is 22.7 Å². The van der Waals surface area contributed by atoms with Crippen molar-refractivity contribution in [2.45, 2.75) is 31.7 Å². The van der Waals surface area contributed by atoms with Gasteiger partial charge < -0.3 is 25.5 Å². The van der Waals surface area contributed by atoms with Crippen LogP contribution >= 0.6 is 11.6 Å². The zero-order valence-corrected chi connectivity index (χ0v) is 19.8. The maximum Gasteiger partial charge on any atom is 0.328 e. The van der Waals surface area contributed by atoms with Crippen molar-refractivity contribution in [2.75, 3.05) is 19.6 Å². The molecule has 10 nitrogen and oxygen atoms in total. The van der Waals surface area contributed by atoms with Crippen LogP contribution in [0, 0.1) is 5.82 Å². The second-order valence-corrected chi connectivity index (χ2v) is 8.26. The summed E-state index contributed by atoms with van der Waals surface area (Å²) in [6.07, 6.45) is 4.57. The Morgan fingerprint density at radius 1 is 1.11 bits per heavy atom. The molecule has 3 rings (SSSR count). The summed E-state index contributed by atoms with van der Waals surface area (Å²) in [5.41, 5.74) is -0.521. The van der Waals surface area contributed by atoms with E-state index < -0.39 is 23.4 Å². The molecule has 1 aromatic heterocycles. The number of carbonyl (C=O) groups is 3. The molecule has 1 saturated heterocycles. The molecular formula is C23H25ClF2N4O6. The Balaban J connectivity index is 0.000000493. The van der Waals surface area contributed by atoms with Crippen molar-refractivity contribution in [3.8, 4) is 0 Å². The zero-order chi connectivity index (χ0) is 26.7. The van der Waals surface area contributed by atoms with Crippen molar-refractivity contribution in [1.82, 2.24) is 20.2 Å². The molecule has 2 aromatic rings. The van der Waals surface area contributed by atoms with Crippen molar-refractivity contribution >= 4 is 29.4 Å². The third-order valence-electron chi connectivity index (χ3n) is 5.15. The summed E-state index contributed by atoms with van der Waals surface area (Å²) in [6, 6.07) is 3.82. The monoisotopic (exact) mass is 526 g/mol.